The van der Waals surface area contributed by atoms with E-state index in [0.29, 0.717) is 20.3 Å². The number of thiophene rings is 1. The Balaban J connectivity index is 0.000000209. The van der Waals surface area contributed by atoms with Gasteiger partial charge in [0.05, 0.1) is 0 Å². The SMILES string of the molecule is CCCCc1ccc(C(=O)O)s1.Clc1cc(Cl)cc(SCC2CCC(Cl)C2)c1. The molecular formula is C21H25Cl3O2S2. The van der Waals surface area contributed by atoms with Gasteiger partial charge >= 0.3 is 5.97 Å². The van der Waals surface area contributed by atoms with Crippen molar-refractivity contribution in [1.29, 1.82) is 0 Å². The third kappa shape index (κ3) is 8.54. The fourth-order valence-corrected chi connectivity index (χ4v) is 6.04. The number of hydrogen-bond donors (Lipinski definition) is 1. The molecule has 0 spiro atoms. The molecular weight excluding hydrogens is 455 g/mol. The predicted octanol–water partition coefficient (Wildman–Crippen LogP) is 8.28. The van der Waals surface area contributed by atoms with E-state index in [4.69, 9.17) is 39.9 Å². The molecule has 0 aliphatic heterocycles. The van der Waals surface area contributed by atoms with Crippen molar-refractivity contribution >= 4 is 63.9 Å². The summed E-state index contributed by atoms with van der Waals surface area (Å²) in [6.45, 7) is 2.13. The van der Waals surface area contributed by atoms with E-state index in [1.807, 2.05) is 30.0 Å². The molecule has 28 heavy (non-hydrogen) atoms. The van der Waals surface area contributed by atoms with Gasteiger partial charge < -0.3 is 5.11 Å². The lowest BCUT2D eigenvalue weighted by Crippen LogP contribution is -1.98. The Morgan fingerprint density at radius 2 is 1.93 bits per heavy atom. The quantitative estimate of drug-likeness (QED) is 0.320. The highest BCUT2D eigenvalue weighted by Gasteiger charge is 2.22. The van der Waals surface area contributed by atoms with E-state index in [1.54, 1.807) is 12.1 Å². The van der Waals surface area contributed by atoms with Crippen molar-refractivity contribution < 1.29 is 9.90 Å². The molecule has 154 valence electrons. The lowest BCUT2D eigenvalue weighted by Gasteiger charge is -2.09. The first-order valence-electron chi connectivity index (χ1n) is 9.42. The Labute approximate surface area is 190 Å². The first-order valence-corrected chi connectivity index (χ1v) is 12.4. The maximum atomic E-state index is 10.5. The van der Waals surface area contributed by atoms with Crippen LogP contribution in [0.1, 0.15) is 53.6 Å². The number of halogens is 3. The number of carboxylic acids is 1. The maximum Gasteiger partial charge on any atom is 0.345 e. The minimum absolute atomic E-state index is 0.383. The van der Waals surface area contributed by atoms with Gasteiger partial charge in [-0.2, -0.15) is 0 Å². The van der Waals surface area contributed by atoms with Crippen molar-refractivity contribution in [3.8, 4) is 0 Å². The first kappa shape index (κ1) is 23.9. The van der Waals surface area contributed by atoms with Crippen LogP contribution in [0.2, 0.25) is 10.0 Å². The molecule has 0 bridgehead atoms. The second-order valence-electron chi connectivity index (χ2n) is 6.87. The minimum atomic E-state index is -0.817. The van der Waals surface area contributed by atoms with Crippen LogP contribution in [0.5, 0.6) is 0 Å². The fraction of sp³-hybridized carbons (Fsp3) is 0.476. The molecule has 1 aromatic carbocycles. The van der Waals surface area contributed by atoms with Crippen molar-refractivity contribution in [3.63, 3.8) is 0 Å². The highest BCUT2D eigenvalue weighted by atomic mass is 35.5. The molecule has 2 nitrogen and oxygen atoms in total. The third-order valence-corrected chi connectivity index (χ3v) is 7.62. The summed E-state index contributed by atoms with van der Waals surface area (Å²) >= 11 is 21.2. The second-order valence-corrected chi connectivity index (χ2v) is 10.6. The van der Waals surface area contributed by atoms with Crippen LogP contribution >= 0.6 is 57.9 Å². The van der Waals surface area contributed by atoms with Gasteiger partial charge in [-0.05, 0) is 68.4 Å². The molecule has 2 atom stereocenters. The Kier molecular flexibility index (Phi) is 10.5. The molecule has 1 aliphatic rings. The van der Waals surface area contributed by atoms with E-state index in [9.17, 15) is 4.79 Å². The zero-order chi connectivity index (χ0) is 20.5. The number of aryl methyl sites for hydroxylation is 1. The summed E-state index contributed by atoms with van der Waals surface area (Å²) in [6.07, 6.45) is 6.84. The van der Waals surface area contributed by atoms with E-state index in [2.05, 4.69) is 6.92 Å². The van der Waals surface area contributed by atoms with Crippen LogP contribution < -0.4 is 0 Å². The molecule has 1 aromatic heterocycles. The second kappa shape index (κ2) is 12.3. The largest absolute Gasteiger partial charge is 0.477 e. The van der Waals surface area contributed by atoms with Gasteiger partial charge in [-0.1, -0.05) is 36.5 Å². The molecule has 7 heteroatoms. The zero-order valence-corrected chi connectivity index (χ0v) is 19.7. The van der Waals surface area contributed by atoms with Gasteiger partial charge in [0.15, 0.2) is 0 Å². The molecule has 0 saturated heterocycles. The standard InChI is InChI=1S/C12H13Cl3S.C9H12O2S/c13-9-2-1-8(3-9)7-16-12-5-10(14)4-11(15)6-12;1-2-3-4-7-5-6-8(12-7)9(10)11/h4-6,8-9H,1-3,7H2;5-6H,2-4H2,1H3,(H,10,11). The molecule has 1 aliphatic carbocycles. The molecule has 1 N–H and O–H groups in total. The molecule has 0 amide bonds. The molecule has 1 heterocycles. The summed E-state index contributed by atoms with van der Waals surface area (Å²) in [5.74, 6) is 1.04. The Morgan fingerprint density at radius 1 is 1.21 bits per heavy atom. The van der Waals surface area contributed by atoms with Crippen molar-refractivity contribution in [2.45, 2.75) is 55.7 Å². The average Bonchev–Trinajstić information content (AvgIpc) is 3.27. The summed E-state index contributed by atoms with van der Waals surface area (Å²) in [6, 6.07) is 9.27. The van der Waals surface area contributed by atoms with Crippen LogP contribution in [-0.2, 0) is 6.42 Å². The van der Waals surface area contributed by atoms with Crippen molar-refractivity contribution in [3.05, 3.63) is 50.1 Å². The van der Waals surface area contributed by atoms with E-state index >= 15 is 0 Å². The van der Waals surface area contributed by atoms with Gasteiger partial charge in [-0.15, -0.1) is 34.7 Å². The Bertz CT molecular complexity index is 744. The Morgan fingerprint density at radius 3 is 2.46 bits per heavy atom. The topological polar surface area (TPSA) is 37.3 Å². The van der Waals surface area contributed by atoms with Gasteiger partial charge in [0.2, 0.25) is 0 Å². The number of benzene rings is 1. The summed E-state index contributed by atoms with van der Waals surface area (Å²) < 4.78 is 0. The molecule has 0 radical (unpaired) electrons. The smallest absolute Gasteiger partial charge is 0.345 e. The number of carbonyl (C=O) groups is 1. The maximum absolute atomic E-state index is 10.5. The molecule has 1 fully saturated rings. The minimum Gasteiger partial charge on any atom is -0.477 e. The van der Waals surface area contributed by atoms with Crippen LogP contribution in [0.3, 0.4) is 0 Å². The van der Waals surface area contributed by atoms with E-state index in [-0.39, 0.29) is 0 Å². The van der Waals surface area contributed by atoms with Crippen LogP contribution in [0, 0.1) is 5.92 Å². The number of rotatable bonds is 7. The summed E-state index contributed by atoms with van der Waals surface area (Å²) in [7, 11) is 0. The predicted molar refractivity (Wildman–Crippen MR) is 124 cm³/mol. The van der Waals surface area contributed by atoms with Crippen molar-refractivity contribution in [1.82, 2.24) is 0 Å². The first-order chi connectivity index (χ1) is 13.4. The molecule has 3 rings (SSSR count). The monoisotopic (exact) mass is 478 g/mol. The number of unbranched alkanes of at least 4 members (excludes halogenated alkanes) is 1. The normalized spacial score (nSPS) is 18.6. The van der Waals surface area contributed by atoms with E-state index in [1.165, 1.54) is 22.6 Å². The lowest BCUT2D eigenvalue weighted by molar-refractivity contribution is 0.0702. The number of carboxylic acid groups (broad SMARTS) is 1. The van der Waals surface area contributed by atoms with Crippen LogP contribution in [0.15, 0.2) is 35.2 Å². The Hall–Kier alpha value is -0.390. The van der Waals surface area contributed by atoms with Gasteiger partial charge in [0.25, 0.3) is 0 Å². The lowest BCUT2D eigenvalue weighted by atomic mass is 10.1. The van der Waals surface area contributed by atoms with Gasteiger partial charge in [-0.3, -0.25) is 0 Å². The van der Waals surface area contributed by atoms with Gasteiger partial charge in [0.1, 0.15) is 4.88 Å². The fourth-order valence-electron chi connectivity index (χ4n) is 2.97. The number of thioether (sulfide) groups is 1. The van der Waals surface area contributed by atoms with Crippen molar-refractivity contribution in [2.75, 3.05) is 5.75 Å². The third-order valence-electron chi connectivity index (χ3n) is 4.45. The summed E-state index contributed by atoms with van der Waals surface area (Å²) in [4.78, 5) is 13.3. The summed E-state index contributed by atoms with van der Waals surface area (Å²) in [5.41, 5.74) is 0. The van der Waals surface area contributed by atoms with Gasteiger partial charge in [-0.25, -0.2) is 4.79 Å². The number of alkyl halides is 1. The van der Waals surface area contributed by atoms with E-state index in [0.717, 1.165) is 48.7 Å². The zero-order valence-electron chi connectivity index (χ0n) is 15.8. The number of aromatic carboxylic acids is 1. The highest BCUT2D eigenvalue weighted by Crippen LogP contribution is 2.35. The summed E-state index contributed by atoms with van der Waals surface area (Å²) in [5, 5.41) is 10.4. The molecule has 2 aromatic rings. The van der Waals surface area contributed by atoms with E-state index < -0.39 is 5.97 Å². The van der Waals surface area contributed by atoms with Crippen molar-refractivity contribution in [2.24, 2.45) is 5.92 Å². The molecule has 1 saturated carbocycles. The van der Waals surface area contributed by atoms with Crippen LogP contribution in [0.4, 0.5) is 0 Å². The average molecular weight is 480 g/mol. The van der Waals surface area contributed by atoms with Crippen LogP contribution in [-0.4, -0.2) is 22.2 Å². The molecule has 2 unspecified atom stereocenters. The van der Waals surface area contributed by atoms with Gasteiger partial charge in [0, 0.05) is 30.9 Å². The number of hydrogen-bond acceptors (Lipinski definition) is 3. The highest BCUT2D eigenvalue weighted by molar-refractivity contribution is 7.99. The van der Waals surface area contributed by atoms with Crippen LogP contribution in [0.25, 0.3) is 0 Å².